The van der Waals surface area contributed by atoms with Crippen LogP contribution in [-0.4, -0.2) is 15.0 Å². The maximum absolute atomic E-state index is 6.17. The molecule has 3 aromatic rings. The van der Waals surface area contributed by atoms with Gasteiger partial charge in [0.05, 0.1) is 6.20 Å². The summed E-state index contributed by atoms with van der Waals surface area (Å²) in [6, 6.07) is 13.5. The monoisotopic (exact) mass is 311 g/mol. The fraction of sp³-hybridized carbons (Fsp3) is 0.0625. The molecule has 0 aliphatic rings. The van der Waals surface area contributed by atoms with Crippen LogP contribution in [0, 0.1) is 6.92 Å². The van der Waals surface area contributed by atoms with Crippen molar-refractivity contribution in [2.45, 2.75) is 6.92 Å². The zero-order valence-corrected chi connectivity index (χ0v) is 12.7. The van der Waals surface area contributed by atoms with Gasteiger partial charge in [-0.2, -0.15) is 4.98 Å². The maximum Gasteiger partial charge on any atom is 0.230 e. The van der Waals surface area contributed by atoms with Crippen LogP contribution in [0.5, 0.6) is 0 Å². The van der Waals surface area contributed by atoms with Gasteiger partial charge in [-0.3, -0.25) is 0 Å². The van der Waals surface area contributed by atoms with E-state index in [-0.39, 0.29) is 0 Å². The van der Waals surface area contributed by atoms with E-state index in [1.807, 2.05) is 49.4 Å². The minimum absolute atomic E-state index is 0.430. The Balaban J connectivity index is 1.86. The number of aryl methyl sites for hydroxylation is 1. The van der Waals surface area contributed by atoms with Crippen LogP contribution in [0.1, 0.15) is 5.56 Å². The van der Waals surface area contributed by atoms with Gasteiger partial charge in [-0.05, 0) is 30.7 Å². The third-order valence-electron chi connectivity index (χ3n) is 3.05. The summed E-state index contributed by atoms with van der Waals surface area (Å²) in [5.41, 5.74) is 2.06. The fourth-order valence-electron chi connectivity index (χ4n) is 1.91. The van der Waals surface area contributed by atoms with E-state index < -0.39 is 0 Å². The summed E-state index contributed by atoms with van der Waals surface area (Å²) in [5.74, 6) is 1.65. The summed E-state index contributed by atoms with van der Waals surface area (Å²) in [6.45, 7) is 2.02. The smallest absolute Gasteiger partial charge is 0.230 e. The highest BCUT2D eigenvalue weighted by atomic mass is 35.5. The number of halogens is 1. The van der Waals surface area contributed by atoms with E-state index in [1.54, 1.807) is 12.4 Å². The molecule has 0 fully saturated rings. The van der Waals surface area contributed by atoms with Crippen LogP contribution in [0.15, 0.2) is 54.9 Å². The largest absolute Gasteiger partial charge is 0.339 e. The molecule has 2 N–H and O–H groups in total. The van der Waals surface area contributed by atoms with Gasteiger partial charge in [-0.25, -0.2) is 9.97 Å². The van der Waals surface area contributed by atoms with E-state index in [9.17, 15) is 0 Å². The second kappa shape index (κ2) is 6.41. The minimum atomic E-state index is 0.430. The lowest BCUT2D eigenvalue weighted by atomic mass is 10.2. The summed E-state index contributed by atoms with van der Waals surface area (Å²) in [6.07, 6.45) is 3.26. The first-order chi connectivity index (χ1) is 10.7. The number of para-hydroxylation sites is 1. The topological polar surface area (TPSA) is 62.7 Å². The molecule has 5 nitrogen and oxygen atoms in total. The molecule has 0 aliphatic carbocycles. The first-order valence-corrected chi connectivity index (χ1v) is 7.13. The van der Waals surface area contributed by atoms with Gasteiger partial charge in [0.2, 0.25) is 5.95 Å². The van der Waals surface area contributed by atoms with Crippen molar-refractivity contribution in [2.24, 2.45) is 0 Å². The average molecular weight is 312 g/mol. The number of nitrogens with zero attached hydrogens (tertiary/aromatic N) is 3. The molecule has 0 saturated heterocycles. The van der Waals surface area contributed by atoms with Crippen molar-refractivity contribution in [1.82, 2.24) is 15.0 Å². The molecule has 0 bridgehead atoms. The number of hydrogen-bond acceptors (Lipinski definition) is 5. The number of nitrogens with one attached hydrogen (secondary N) is 2. The van der Waals surface area contributed by atoms with Crippen molar-refractivity contribution in [3.8, 4) is 0 Å². The van der Waals surface area contributed by atoms with E-state index in [1.165, 1.54) is 0 Å². The predicted octanol–water partition coefficient (Wildman–Crippen LogP) is 4.32. The Bertz CT molecular complexity index is 776. The third kappa shape index (κ3) is 3.32. The number of aromatic nitrogens is 3. The van der Waals surface area contributed by atoms with Crippen LogP contribution in [-0.2, 0) is 0 Å². The molecule has 110 valence electrons. The minimum Gasteiger partial charge on any atom is -0.339 e. The van der Waals surface area contributed by atoms with Gasteiger partial charge < -0.3 is 10.6 Å². The zero-order chi connectivity index (χ0) is 15.4. The predicted molar refractivity (Wildman–Crippen MR) is 89.0 cm³/mol. The summed E-state index contributed by atoms with van der Waals surface area (Å²) < 4.78 is 0. The van der Waals surface area contributed by atoms with E-state index in [0.717, 1.165) is 11.3 Å². The Morgan fingerprint density at radius 3 is 2.55 bits per heavy atom. The molecule has 0 atom stereocenters. The highest BCUT2D eigenvalue weighted by Crippen LogP contribution is 2.26. The molecular formula is C16H14ClN5. The van der Waals surface area contributed by atoms with Gasteiger partial charge in [0.15, 0.2) is 5.82 Å². The van der Waals surface area contributed by atoms with Crippen molar-refractivity contribution in [3.05, 3.63) is 65.4 Å². The maximum atomic E-state index is 6.17. The first kappa shape index (κ1) is 14.3. The van der Waals surface area contributed by atoms with Crippen molar-refractivity contribution in [2.75, 3.05) is 10.6 Å². The molecule has 1 aromatic carbocycles. The number of rotatable bonds is 4. The molecule has 0 unspecified atom stereocenters. The van der Waals surface area contributed by atoms with Gasteiger partial charge in [0, 0.05) is 11.9 Å². The van der Waals surface area contributed by atoms with Crippen LogP contribution < -0.4 is 10.6 Å². The second-order valence-corrected chi connectivity index (χ2v) is 5.08. The van der Waals surface area contributed by atoms with Crippen molar-refractivity contribution in [1.29, 1.82) is 0 Å². The van der Waals surface area contributed by atoms with Crippen LogP contribution in [0.25, 0.3) is 0 Å². The van der Waals surface area contributed by atoms with Crippen molar-refractivity contribution in [3.63, 3.8) is 0 Å². The van der Waals surface area contributed by atoms with Crippen LogP contribution in [0.4, 0.5) is 23.3 Å². The second-order valence-electron chi connectivity index (χ2n) is 4.67. The molecule has 3 rings (SSSR count). The van der Waals surface area contributed by atoms with E-state index >= 15 is 0 Å². The molecule has 2 aromatic heterocycles. The molecule has 22 heavy (non-hydrogen) atoms. The molecule has 0 amide bonds. The lowest BCUT2D eigenvalue weighted by molar-refractivity contribution is 1.15. The normalized spacial score (nSPS) is 10.3. The van der Waals surface area contributed by atoms with Gasteiger partial charge >= 0.3 is 0 Å². The van der Waals surface area contributed by atoms with Crippen molar-refractivity contribution < 1.29 is 0 Å². The Morgan fingerprint density at radius 1 is 0.955 bits per heavy atom. The summed E-state index contributed by atoms with van der Waals surface area (Å²) in [5, 5.41) is 6.72. The standard InChI is InChI=1S/C16H14ClN5/c1-11-6-2-3-7-13(11)20-15-12(17)10-19-16(22-15)21-14-8-4-5-9-18-14/h2-10H,1H3,(H2,18,19,20,21,22). The van der Waals surface area contributed by atoms with E-state index in [2.05, 4.69) is 25.6 Å². The molecule has 0 radical (unpaired) electrons. The highest BCUT2D eigenvalue weighted by molar-refractivity contribution is 6.32. The van der Waals surface area contributed by atoms with Crippen LogP contribution >= 0.6 is 11.6 Å². The average Bonchev–Trinajstić information content (AvgIpc) is 2.54. The molecular weight excluding hydrogens is 298 g/mol. The Labute approximate surface area is 133 Å². The first-order valence-electron chi connectivity index (χ1n) is 6.75. The number of hydrogen-bond donors (Lipinski definition) is 2. The molecule has 6 heteroatoms. The highest BCUT2D eigenvalue weighted by Gasteiger charge is 2.07. The number of anilines is 4. The fourth-order valence-corrected chi connectivity index (χ4v) is 2.05. The zero-order valence-electron chi connectivity index (χ0n) is 11.9. The van der Waals surface area contributed by atoms with E-state index in [0.29, 0.717) is 22.6 Å². The van der Waals surface area contributed by atoms with Crippen LogP contribution in [0.3, 0.4) is 0 Å². The van der Waals surface area contributed by atoms with Crippen LogP contribution in [0.2, 0.25) is 5.02 Å². The number of benzene rings is 1. The molecule has 0 spiro atoms. The summed E-state index contributed by atoms with van der Waals surface area (Å²) in [4.78, 5) is 12.7. The summed E-state index contributed by atoms with van der Waals surface area (Å²) in [7, 11) is 0. The Hall–Kier alpha value is -2.66. The molecule has 0 saturated carbocycles. The van der Waals surface area contributed by atoms with Gasteiger partial charge in [0.25, 0.3) is 0 Å². The van der Waals surface area contributed by atoms with Gasteiger partial charge in [-0.1, -0.05) is 35.9 Å². The quantitative estimate of drug-likeness (QED) is 0.751. The SMILES string of the molecule is Cc1ccccc1Nc1nc(Nc2ccccn2)ncc1Cl. The van der Waals surface area contributed by atoms with E-state index in [4.69, 9.17) is 11.6 Å². The lowest BCUT2D eigenvalue weighted by Crippen LogP contribution is -2.02. The third-order valence-corrected chi connectivity index (χ3v) is 3.32. The number of pyridine rings is 1. The molecule has 2 heterocycles. The molecule has 0 aliphatic heterocycles. The Morgan fingerprint density at radius 2 is 1.77 bits per heavy atom. The lowest BCUT2D eigenvalue weighted by Gasteiger charge is -2.11. The van der Waals surface area contributed by atoms with Gasteiger partial charge in [-0.15, -0.1) is 0 Å². The van der Waals surface area contributed by atoms with Crippen molar-refractivity contribution >= 4 is 34.9 Å². The summed E-state index contributed by atoms with van der Waals surface area (Å²) >= 11 is 6.17. The van der Waals surface area contributed by atoms with Gasteiger partial charge in [0.1, 0.15) is 10.8 Å². The Kier molecular flexibility index (Phi) is 4.16.